The van der Waals surface area contributed by atoms with Crippen LogP contribution in [0.1, 0.15) is 7.12 Å². The first-order valence-corrected chi connectivity index (χ1v) is 13.5. The molecule has 4 rings (SSSR count). The van der Waals surface area contributed by atoms with Gasteiger partial charge in [0.2, 0.25) is 6.61 Å². The molecule has 196 valence electrons. The maximum atomic E-state index is 13.0. The van der Waals surface area contributed by atoms with Crippen LogP contribution in [0, 0.1) is 0 Å². The number of aliphatic carboxylic acids is 2. The number of hydrogen-bond acceptors (Lipinski definition) is 11. The molecule has 38 heavy (non-hydrogen) atoms. The van der Waals surface area contributed by atoms with Crippen molar-refractivity contribution in [2.24, 2.45) is 12.2 Å². The maximum absolute atomic E-state index is 13.0. The molecule has 0 aromatic carbocycles. The number of nitrogens with one attached hydrogen (secondary N) is 1. The fourth-order valence-corrected chi connectivity index (χ4v) is 6.43. The summed E-state index contributed by atoms with van der Waals surface area (Å²) < 4.78 is 1.89. The second kappa shape index (κ2) is 12.9. The van der Waals surface area contributed by atoms with Crippen molar-refractivity contribution in [2.75, 3.05) is 23.8 Å². The zero-order chi connectivity index (χ0) is 26.7. The van der Waals surface area contributed by atoms with Crippen LogP contribution in [-0.2, 0) is 31.1 Å². The quantitative estimate of drug-likeness (QED) is 0.0552. The molecule has 2 aromatic rings. The molecular formula is C21H22N6NaO7S3+. The molecule has 0 aliphatic carbocycles. The molecule has 2 aliphatic heterocycles. The average Bonchev–Trinajstić information content (AvgIpc) is 3.29. The van der Waals surface area contributed by atoms with Gasteiger partial charge >= 0.3 is 41.5 Å². The van der Waals surface area contributed by atoms with Gasteiger partial charge in [0.25, 0.3) is 11.8 Å². The largest absolute Gasteiger partial charge is 1.00 e. The number of fused-ring (bicyclic) bond motifs is 1. The number of carboxylic acids is 2. The number of nitrogens with two attached hydrogens (primary N) is 1. The molecule has 2 aliphatic rings. The topological polar surface area (TPSA) is 188 Å². The van der Waals surface area contributed by atoms with E-state index in [0.717, 1.165) is 16.2 Å². The number of thioether (sulfide) groups is 2. The standard InChI is InChI=1S/C21H20N6O7S3.Na.H/c1-26-4-2-11(3-5-26)35-7-10-8-36-19-15(18(31)27(19)16(10)20(32)33)24-17(30)14(25-34-6-13(28)29)12-9-37-21(22)23-12;;/h2-5,9,15,19H,6-8H2,1H3,(H4-,22,23,24,28,29,30,32,33);;/q;+1;-1/p+1/b25-14-;;/t15-,19-;;/m1../s1. The van der Waals surface area contributed by atoms with Crippen LogP contribution in [0.2, 0.25) is 0 Å². The summed E-state index contributed by atoms with van der Waals surface area (Å²) in [5.41, 5.74) is 5.83. The maximum Gasteiger partial charge on any atom is 1.00 e. The first-order valence-electron chi connectivity index (χ1n) is 10.6. The Morgan fingerprint density at radius 2 is 2.08 bits per heavy atom. The smallest absolute Gasteiger partial charge is 1.00 e. The molecular weight excluding hydrogens is 567 g/mol. The summed E-state index contributed by atoms with van der Waals surface area (Å²) in [4.78, 5) is 59.6. The van der Waals surface area contributed by atoms with Gasteiger partial charge in [-0.1, -0.05) is 5.16 Å². The molecule has 1 fully saturated rings. The fourth-order valence-electron chi connectivity index (χ4n) is 3.51. The number of nitrogen functional groups attached to an aromatic ring is 1. The SMILES string of the molecule is C[n+]1ccc(SCC2=C(C(=O)O)N3C(=O)[C@@H](NC(=O)/C(=N\OCC(=O)O)c4csc(N)n4)[C@H]3SC2)cc1.[H-].[Na+]. The molecule has 0 bridgehead atoms. The minimum atomic E-state index is -1.30. The van der Waals surface area contributed by atoms with E-state index < -0.39 is 41.8 Å². The van der Waals surface area contributed by atoms with Crippen molar-refractivity contribution >= 4 is 69.5 Å². The third-order valence-corrected chi connectivity index (χ3v) is 8.33. The Morgan fingerprint density at radius 1 is 1.37 bits per heavy atom. The molecule has 2 atom stereocenters. The Kier molecular flexibility index (Phi) is 10.2. The van der Waals surface area contributed by atoms with Crippen molar-refractivity contribution in [1.82, 2.24) is 15.2 Å². The van der Waals surface area contributed by atoms with E-state index in [1.54, 1.807) is 0 Å². The van der Waals surface area contributed by atoms with Crippen molar-refractivity contribution in [1.29, 1.82) is 0 Å². The first kappa shape index (κ1) is 29.9. The second-order valence-corrected chi connectivity index (χ2v) is 10.8. The Balaban J connectivity index is 0.00000267. The number of aromatic nitrogens is 2. The summed E-state index contributed by atoms with van der Waals surface area (Å²) in [6, 6.07) is 2.82. The van der Waals surface area contributed by atoms with E-state index in [2.05, 4.69) is 15.5 Å². The normalized spacial score (nSPS) is 18.7. The molecule has 5 N–H and O–H groups in total. The number of carbonyl (C=O) groups excluding carboxylic acids is 2. The number of anilines is 1. The predicted molar refractivity (Wildman–Crippen MR) is 136 cm³/mol. The molecule has 17 heteroatoms. The van der Waals surface area contributed by atoms with Crippen molar-refractivity contribution in [3.05, 3.63) is 46.9 Å². The van der Waals surface area contributed by atoms with Gasteiger partial charge in [0.05, 0.1) is 0 Å². The summed E-state index contributed by atoms with van der Waals surface area (Å²) in [6.07, 6.45) is 3.77. The van der Waals surface area contributed by atoms with Crippen LogP contribution in [0.15, 0.2) is 51.2 Å². The van der Waals surface area contributed by atoms with E-state index in [1.807, 2.05) is 36.1 Å². The number of carbonyl (C=O) groups is 4. The molecule has 1 saturated heterocycles. The van der Waals surface area contributed by atoms with Crippen molar-refractivity contribution in [3.8, 4) is 0 Å². The predicted octanol–water partition coefficient (Wildman–Crippen LogP) is -3.00. The zero-order valence-corrected chi connectivity index (χ0v) is 24.6. The summed E-state index contributed by atoms with van der Waals surface area (Å²) in [5, 5.41) is 25.7. The van der Waals surface area contributed by atoms with Crippen LogP contribution < -0.4 is 45.2 Å². The fraction of sp³-hybridized carbons (Fsp3) is 0.286. The number of carboxylic acid groups (broad SMARTS) is 2. The number of pyridine rings is 1. The van der Waals surface area contributed by atoms with Crippen LogP contribution in [0.3, 0.4) is 0 Å². The van der Waals surface area contributed by atoms with Gasteiger partial charge in [0.1, 0.15) is 29.9 Å². The van der Waals surface area contributed by atoms with Crippen LogP contribution in [0.5, 0.6) is 0 Å². The number of amides is 2. The van der Waals surface area contributed by atoms with Gasteiger partial charge in [-0.2, -0.15) is 0 Å². The van der Waals surface area contributed by atoms with Gasteiger partial charge in [0.15, 0.2) is 23.2 Å². The van der Waals surface area contributed by atoms with Gasteiger partial charge in [-0.15, -0.1) is 34.9 Å². The van der Waals surface area contributed by atoms with Gasteiger partial charge in [-0.25, -0.2) is 19.1 Å². The summed E-state index contributed by atoms with van der Waals surface area (Å²) in [5.74, 6) is -3.19. The van der Waals surface area contributed by atoms with E-state index >= 15 is 0 Å². The molecule has 0 saturated carbocycles. The van der Waals surface area contributed by atoms with Gasteiger partial charge < -0.3 is 27.5 Å². The van der Waals surface area contributed by atoms with Crippen LogP contribution in [0.4, 0.5) is 5.13 Å². The Hall–Kier alpha value is -2.63. The van der Waals surface area contributed by atoms with E-state index in [-0.39, 0.29) is 53.2 Å². The minimum Gasteiger partial charge on any atom is -1.00 e. The molecule has 0 unspecified atom stereocenters. The molecule has 13 nitrogen and oxygen atoms in total. The third-order valence-electron chi connectivity index (χ3n) is 5.22. The summed E-state index contributed by atoms with van der Waals surface area (Å²) in [6.45, 7) is -0.792. The number of aryl methyl sites for hydroxylation is 1. The summed E-state index contributed by atoms with van der Waals surface area (Å²) in [7, 11) is 1.90. The number of nitrogens with zero attached hydrogens (tertiary/aromatic N) is 4. The molecule has 0 radical (unpaired) electrons. The minimum absolute atomic E-state index is 0. The Morgan fingerprint density at radius 3 is 2.68 bits per heavy atom. The Labute approximate surface area is 252 Å². The van der Waals surface area contributed by atoms with E-state index in [9.17, 15) is 24.3 Å². The molecule has 0 spiro atoms. The van der Waals surface area contributed by atoms with Crippen molar-refractivity contribution in [3.63, 3.8) is 0 Å². The third kappa shape index (κ3) is 6.68. The van der Waals surface area contributed by atoms with Gasteiger partial charge in [-0.3, -0.25) is 14.5 Å². The van der Waals surface area contributed by atoms with Crippen LogP contribution in [-0.4, -0.2) is 79.1 Å². The summed E-state index contributed by atoms with van der Waals surface area (Å²) >= 11 is 3.84. The zero-order valence-electron chi connectivity index (χ0n) is 21.2. The number of rotatable bonds is 10. The molecule has 2 amide bonds. The van der Waals surface area contributed by atoms with E-state index in [4.69, 9.17) is 15.7 Å². The van der Waals surface area contributed by atoms with E-state index in [0.29, 0.717) is 17.1 Å². The van der Waals surface area contributed by atoms with Crippen molar-refractivity contribution < 1.29 is 69.8 Å². The molecule has 2 aromatic heterocycles. The van der Waals surface area contributed by atoms with Crippen LogP contribution >= 0.6 is 34.9 Å². The van der Waals surface area contributed by atoms with Crippen molar-refractivity contribution in [2.45, 2.75) is 16.3 Å². The second-order valence-electron chi connectivity index (χ2n) is 7.78. The number of thiazole rings is 1. The number of hydrogen-bond donors (Lipinski definition) is 4. The van der Waals surface area contributed by atoms with Gasteiger partial charge in [0, 0.05) is 33.9 Å². The first-order chi connectivity index (χ1) is 17.7. The average molecular weight is 590 g/mol. The van der Waals surface area contributed by atoms with Gasteiger partial charge in [-0.05, 0) is 5.57 Å². The van der Waals surface area contributed by atoms with Crippen LogP contribution in [0.25, 0.3) is 0 Å². The van der Waals surface area contributed by atoms with E-state index in [1.165, 1.54) is 33.8 Å². The number of β-lactam (4-membered cyclic amide) rings is 1. The molecule has 4 heterocycles. The monoisotopic (exact) mass is 589 g/mol. The number of oxime groups is 1. The Bertz CT molecular complexity index is 1320.